The molecular weight excluding hydrogens is 240 g/mol. The topological polar surface area (TPSA) is 55.1 Å². The van der Waals surface area contributed by atoms with E-state index in [2.05, 4.69) is 23.4 Å². The minimum Gasteiger partial charge on any atom is -0.478 e. The van der Waals surface area contributed by atoms with E-state index in [1.54, 1.807) is 12.1 Å². The van der Waals surface area contributed by atoms with Crippen LogP contribution in [0.1, 0.15) is 55.3 Å². The Morgan fingerprint density at radius 1 is 1.47 bits per heavy atom. The first-order chi connectivity index (χ1) is 9.06. The van der Waals surface area contributed by atoms with Crippen molar-refractivity contribution >= 4 is 17.0 Å². The van der Waals surface area contributed by atoms with Gasteiger partial charge in [-0.05, 0) is 32.4 Å². The number of aromatic carboxylic acids is 1. The first-order valence-corrected chi connectivity index (χ1v) is 6.77. The maximum Gasteiger partial charge on any atom is 0.337 e. The Hall–Kier alpha value is -1.84. The summed E-state index contributed by atoms with van der Waals surface area (Å²) in [4.78, 5) is 15.7. The van der Waals surface area contributed by atoms with Gasteiger partial charge in [-0.25, -0.2) is 9.78 Å². The van der Waals surface area contributed by atoms with Gasteiger partial charge in [-0.2, -0.15) is 0 Å². The number of fused-ring (bicyclic) bond motifs is 1. The molecule has 1 unspecified atom stereocenters. The minimum atomic E-state index is -0.920. The van der Waals surface area contributed by atoms with Gasteiger partial charge in [0.1, 0.15) is 11.3 Å². The standard InChI is InChI=1S/C15H20N2O2/c1-4-5-7-10(2)17-11(3)16-14-12(15(18)19)8-6-9-13(14)17/h6,8-10H,4-5,7H2,1-3H3,(H,18,19). The van der Waals surface area contributed by atoms with Gasteiger partial charge in [0, 0.05) is 6.04 Å². The number of carbonyl (C=O) groups is 1. The van der Waals surface area contributed by atoms with Crippen molar-refractivity contribution in [2.45, 2.75) is 46.1 Å². The van der Waals surface area contributed by atoms with Crippen LogP contribution in [0.2, 0.25) is 0 Å². The molecule has 0 saturated carbocycles. The molecule has 0 aliphatic carbocycles. The van der Waals surface area contributed by atoms with E-state index in [1.165, 1.54) is 6.42 Å². The lowest BCUT2D eigenvalue weighted by molar-refractivity contribution is 0.0699. The summed E-state index contributed by atoms with van der Waals surface area (Å²) in [5, 5.41) is 9.21. The second kappa shape index (κ2) is 5.43. The van der Waals surface area contributed by atoms with E-state index in [9.17, 15) is 9.90 Å². The van der Waals surface area contributed by atoms with Crippen molar-refractivity contribution in [1.29, 1.82) is 0 Å². The van der Waals surface area contributed by atoms with E-state index >= 15 is 0 Å². The smallest absolute Gasteiger partial charge is 0.337 e. The van der Waals surface area contributed by atoms with Crippen LogP contribution in [0.3, 0.4) is 0 Å². The molecule has 1 heterocycles. The number of nitrogens with zero attached hydrogens (tertiary/aromatic N) is 2. The van der Waals surface area contributed by atoms with Crippen molar-refractivity contribution in [3.8, 4) is 0 Å². The molecule has 4 nitrogen and oxygen atoms in total. The maximum absolute atomic E-state index is 11.2. The fraction of sp³-hybridized carbons (Fsp3) is 0.467. The Balaban J connectivity index is 2.53. The van der Waals surface area contributed by atoms with Gasteiger partial charge in [0.2, 0.25) is 0 Å². The van der Waals surface area contributed by atoms with Crippen LogP contribution in [0, 0.1) is 6.92 Å². The molecule has 4 heteroatoms. The first kappa shape index (κ1) is 13.6. The third-order valence-electron chi connectivity index (χ3n) is 3.54. The zero-order chi connectivity index (χ0) is 14.0. The summed E-state index contributed by atoms with van der Waals surface area (Å²) in [6.07, 6.45) is 3.41. The normalized spacial score (nSPS) is 12.8. The molecule has 0 fully saturated rings. The lowest BCUT2D eigenvalue weighted by atomic mass is 10.1. The van der Waals surface area contributed by atoms with Crippen LogP contribution in [-0.2, 0) is 0 Å². The molecule has 0 aliphatic rings. The molecule has 1 aromatic carbocycles. The van der Waals surface area contributed by atoms with Crippen molar-refractivity contribution in [2.75, 3.05) is 0 Å². The van der Waals surface area contributed by atoms with Crippen molar-refractivity contribution in [1.82, 2.24) is 9.55 Å². The summed E-state index contributed by atoms with van der Waals surface area (Å²) in [6.45, 7) is 6.28. The molecule has 0 radical (unpaired) electrons. The number of para-hydroxylation sites is 1. The molecule has 0 spiro atoms. The zero-order valence-electron chi connectivity index (χ0n) is 11.7. The quantitative estimate of drug-likeness (QED) is 0.889. The number of aryl methyl sites for hydroxylation is 1. The van der Waals surface area contributed by atoms with Crippen LogP contribution in [0.15, 0.2) is 18.2 Å². The Morgan fingerprint density at radius 2 is 2.21 bits per heavy atom. The van der Waals surface area contributed by atoms with E-state index in [0.29, 0.717) is 11.6 Å². The number of hydrogen-bond acceptors (Lipinski definition) is 2. The highest BCUT2D eigenvalue weighted by atomic mass is 16.4. The Labute approximate surface area is 113 Å². The molecule has 0 aliphatic heterocycles. The van der Waals surface area contributed by atoms with E-state index in [-0.39, 0.29) is 5.56 Å². The van der Waals surface area contributed by atoms with Crippen LogP contribution in [0.25, 0.3) is 11.0 Å². The van der Waals surface area contributed by atoms with E-state index in [1.807, 2.05) is 13.0 Å². The predicted octanol–water partition coefficient (Wildman–Crippen LogP) is 3.79. The second-order valence-electron chi connectivity index (χ2n) is 5.00. The lowest BCUT2D eigenvalue weighted by Gasteiger charge is -2.16. The summed E-state index contributed by atoms with van der Waals surface area (Å²) in [7, 11) is 0. The molecule has 1 atom stereocenters. The number of hydrogen-bond donors (Lipinski definition) is 1. The largest absolute Gasteiger partial charge is 0.478 e. The fourth-order valence-electron chi connectivity index (χ4n) is 2.59. The summed E-state index contributed by atoms with van der Waals surface area (Å²) in [5.41, 5.74) is 1.79. The number of benzene rings is 1. The number of carboxylic acid groups (broad SMARTS) is 1. The number of carboxylic acids is 1. The molecule has 0 amide bonds. The van der Waals surface area contributed by atoms with Gasteiger partial charge >= 0.3 is 5.97 Å². The number of unbranched alkanes of at least 4 members (excludes halogenated alkanes) is 1. The van der Waals surface area contributed by atoms with E-state index in [4.69, 9.17) is 0 Å². The van der Waals surface area contributed by atoms with Crippen molar-refractivity contribution in [3.63, 3.8) is 0 Å². The maximum atomic E-state index is 11.2. The van der Waals surface area contributed by atoms with Crippen molar-refractivity contribution in [3.05, 3.63) is 29.6 Å². The third-order valence-corrected chi connectivity index (χ3v) is 3.54. The van der Waals surface area contributed by atoms with Gasteiger partial charge in [0.05, 0.1) is 11.1 Å². The van der Waals surface area contributed by atoms with Gasteiger partial charge < -0.3 is 9.67 Å². The molecular formula is C15H20N2O2. The first-order valence-electron chi connectivity index (χ1n) is 6.77. The Bertz CT molecular complexity index is 601. The fourth-order valence-corrected chi connectivity index (χ4v) is 2.59. The summed E-state index contributed by atoms with van der Waals surface area (Å²) in [5.74, 6) is -0.0382. The van der Waals surface area contributed by atoms with Gasteiger partial charge in [-0.1, -0.05) is 25.8 Å². The van der Waals surface area contributed by atoms with Gasteiger partial charge in [-0.3, -0.25) is 0 Å². The van der Waals surface area contributed by atoms with Crippen LogP contribution in [0.4, 0.5) is 0 Å². The van der Waals surface area contributed by atoms with E-state index in [0.717, 1.165) is 24.2 Å². The lowest BCUT2D eigenvalue weighted by Crippen LogP contribution is -2.07. The Morgan fingerprint density at radius 3 is 2.84 bits per heavy atom. The van der Waals surface area contributed by atoms with Gasteiger partial charge in [0.25, 0.3) is 0 Å². The third kappa shape index (κ3) is 2.48. The molecule has 102 valence electrons. The molecule has 0 bridgehead atoms. The molecule has 19 heavy (non-hydrogen) atoms. The highest BCUT2D eigenvalue weighted by Crippen LogP contribution is 2.26. The average Bonchev–Trinajstić information content (AvgIpc) is 2.71. The van der Waals surface area contributed by atoms with Crippen LogP contribution >= 0.6 is 0 Å². The summed E-state index contributed by atoms with van der Waals surface area (Å²) >= 11 is 0. The van der Waals surface area contributed by atoms with Gasteiger partial charge in [-0.15, -0.1) is 0 Å². The van der Waals surface area contributed by atoms with Crippen LogP contribution in [-0.4, -0.2) is 20.6 Å². The highest BCUT2D eigenvalue weighted by molar-refractivity contribution is 6.01. The Kier molecular flexibility index (Phi) is 3.88. The van der Waals surface area contributed by atoms with Crippen LogP contribution < -0.4 is 0 Å². The van der Waals surface area contributed by atoms with Crippen molar-refractivity contribution in [2.24, 2.45) is 0 Å². The number of imidazole rings is 1. The zero-order valence-corrected chi connectivity index (χ0v) is 11.7. The van der Waals surface area contributed by atoms with Gasteiger partial charge in [0.15, 0.2) is 0 Å². The monoisotopic (exact) mass is 260 g/mol. The van der Waals surface area contributed by atoms with E-state index < -0.39 is 5.97 Å². The minimum absolute atomic E-state index is 0.280. The average molecular weight is 260 g/mol. The van der Waals surface area contributed by atoms with Crippen LogP contribution in [0.5, 0.6) is 0 Å². The highest BCUT2D eigenvalue weighted by Gasteiger charge is 2.17. The number of aromatic nitrogens is 2. The second-order valence-corrected chi connectivity index (χ2v) is 5.00. The predicted molar refractivity (Wildman–Crippen MR) is 75.7 cm³/mol. The number of rotatable bonds is 5. The summed E-state index contributed by atoms with van der Waals surface area (Å²) < 4.78 is 2.15. The molecule has 0 saturated heterocycles. The SMILES string of the molecule is CCCCC(C)n1c(C)nc2c(C(=O)O)cccc21. The molecule has 1 N–H and O–H groups in total. The molecule has 2 rings (SSSR count). The van der Waals surface area contributed by atoms with Crippen molar-refractivity contribution < 1.29 is 9.90 Å². The molecule has 2 aromatic rings. The summed E-state index contributed by atoms with van der Waals surface area (Å²) in [6, 6.07) is 5.69. The molecule has 1 aromatic heterocycles.